The SMILES string of the molecule is COc1cc2c(cc1OC)C1CC(NC(=O)OC(C)(C)C)C(NC(=O)OC(C)CCl)CN1CC2. The summed E-state index contributed by atoms with van der Waals surface area (Å²) < 4.78 is 21.8. The summed E-state index contributed by atoms with van der Waals surface area (Å²) in [6.45, 7) is 8.52. The molecule has 0 aliphatic carbocycles. The van der Waals surface area contributed by atoms with E-state index >= 15 is 0 Å². The number of amides is 2. The second-order valence-corrected chi connectivity index (χ2v) is 10.1. The zero-order valence-corrected chi connectivity index (χ0v) is 21.5. The molecule has 0 bridgehead atoms. The van der Waals surface area contributed by atoms with E-state index in [-0.39, 0.29) is 24.0 Å². The molecule has 2 aliphatic heterocycles. The molecule has 1 aromatic rings. The van der Waals surface area contributed by atoms with Gasteiger partial charge in [-0.15, -0.1) is 11.6 Å². The van der Waals surface area contributed by atoms with E-state index in [0.717, 1.165) is 18.5 Å². The molecule has 2 N–H and O–H groups in total. The highest BCUT2D eigenvalue weighted by molar-refractivity contribution is 6.18. The van der Waals surface area contributed by atoms with Crippen molar-refractivity contribution in [3.8, 4) is 11.5 Å². The first-order valence-corrected chi connectivity index (χ1v) is 12.1. The van der Waals surface area contributed by atoms with Crippen molar-refractivity contribution < 1.29 is 28.5 Å². The molecule has 0 spiro atoms. The van der Waals surface area contributed by atoms with Crippen molar-refractivity contribution in [1.29, 1.82) is 0 Å². The number of rotatable bonds is 6. The first-order valence-electron chi connectivity index (χ1n) is 11.6. The quantitative estimate of drug-likeness (QED) is 0.579. The number of carbonyl (C=O) groups excluding carboxylic acids is 2. The Bertz CT molecular complexity index is 890. The minimum Gasteiger partial charge on any atom is -0.493 e. The number of hydrogen-bond acceptors (Lipinski definition) is 7. The van der Waals surface area contributed by atoms with Crippen LogP contribution >= 0.6 is 11.6 Å². The highest BCUT2D eigenvalue weighted by Crippen LogP contribution is 2.41. The zero-order valence-electron chi connectivity index (χ0n) is 20.8. The van der Waals surface area contributed by atoms with Gasteiger partial charge in [0, 0.05) is 19.1 Å². The molecule has 3 rings (SSSR count). The summed E-state index contributed by atoms with van der Waals surface area (Å²) in [6.07, 6.45) is -0.0753. The molecule has 2 heterocycles. The first kappa shape index (κ1) is 26.2. The van der Waals surface area contributed by atoms with Crippen LogP contribution in [0.25, 0.3) is 0 Å². The molecule has 1 aromatic carbocycles. The molecule has 0 radical (unpaired) electrons. The smallest absolute Gasteiger partial charge is 0.407 e. The summed E-state index contributed by atoms with van der Waals surface area (Å²) in [7, 11) is 3.24. The van der Waals surface area contributed by atoms with Gasteiger partial charge in [-0.1, -0.05) is 0 Å². The van der Waals surface area contributed by atoms with Gasteiger partial charge in [-0.2, -0.15) is 0 Å². The predicted molar refractivity (Wildman–Crippen MR) is 129 cm³/mol. The summed E-state index contributed by atoms with van der Waals surface area (Å²) in [5.74, 6) is 1.57. The van der Waals surface area contributed by atoms with Crippen molar-refractivity contribution in [3.63, 3.8) is 0 Å². The van der Waals surface area contributed by atoms with Gasteiger partial charge in [-0.25, -0.2) is 9.59 Å². The number of methoxy groups -OCH3 is 2. The lowest BCUT2D eigenvalue weighted by molar-refractivity contribution is 0.0372. The number of halogens is 1. The largest absolute Gasteiger partial charge is 0.493 e. The molecule has 10 heteroatoms. The second kappa shape index (κ2) is 10.9. The summed E-state index contributed by atoms with van der Waals surface area (Å²) in [6, 6.07) is 3.35. The van der Waals surface area contributed by atoms with E-state index in [0.29, 0.717) is 24.5 Å². The van der Waals surface area contributed by atoms with Gasteiger partial charge in [-0.3, -0.25) is 4.90 Å². The lowest BCUT2D eigenvalue weighted by atomic mass is 9.83. The van der Waals surface area contributed by atoms with Crippen molar-refractivity contribution in [3.05, 3.63) is 23.3 Å². The summed E-state index contributed by atoms with van der Waals surface area (Å²) >= 11 is 5.78. The van der Waals surface area contributed by atoms with E-state index < -0.39 is 23.9 Å². The van der Waals surface area contributed by atoms with Gasteiger partial charge in [0.15, 0.2) is 11.5 Å². The van der Waals surface area contributed by atoms with Gasteiger partial charge in [0.05, 0.1) is 32.2 Å². The van der Waals surface area contributed by atoms with Crippen molar-refractivity contribution >= 4 is 23.8 Å². The normalized spacial score (nSPS) is 23.1. The predicted octanol–water partition coefficient (Wildman–Crippen LogP) is 3.62. The zero-order chi connectivity index (χ0) is 25.0. The number of carbonyl (C=O) groups is 2. The van der Waals surface area contributed by atoms with Gasteiger partial charge in [0.1, 0.15) is 11.7 Å². The maximum atomic E-state index is 12.6. The first-order chi connectivity index (χ1) is 16.0. The molecule has 2 aliphatic rings. The monoisotopic (exact) mass is 497 g/mol. The number of ether oxygens (including phenoxy) is 4. The van der Waals surface area contributed by atoms with Gasteiger partial charge in [-0.05, 0) is 63.8 Å². The second-order valence-electron chi connectivity index (χ2n) is 9.78. The molecule has 1 fully saturated rings. The Hall–Kier alpha value is -2.39. The highest BCUT2D eigenvalue weighted by atomic mass is 35.5. The van der Waals surface area contributed by atoms with E-state index in [2.05, 4.69) is 15.5 Å². The maximum Gasteiger partial charge on any atom is 0.407 e. The van der Waals surface area contributed by atoms with Crippen LogP contribution in [0, 0.1) is 0 Å². The van der Waals surface area contributed by atoms with Crippen LogP contribution in [0.4, 0.5) is 9.59 Å². The fourth-order valence-electron chi connectivity index (χ4n) is 4.52. The molecule has 190 valence electrons. The Labute approximate surface area is 206 Å². The molecular formula is C24H36ClN3O6. The number of alkyl halides is 1. The molecular weight excluding hydrogens is 462 g/mol. The Morgan fingerprint density at radius 2 is 1.76 bits per heavy atom. The molecule has 0 aromatic heterocycles. The number of hydrogen-bond donors (Lipinski definition) is 2. The van der Waals surface area contributed by atoms with Crippen LogP contribution in [-0.4, -0.2) is 74.1 Å². The van der Waals surface area contributed by atoms with Crippen LogP contribution in [0.2, 0.25) is 0 Å². The van der Waals surface area contributed by atoms with E-state index in [1.54, 1.807) is 21.1 Å². The number of nitrogens with zero attached hydrogens (tertiary/aromatic N) is 1. The van der Waals surface area contributed by atoms with E-state index in [9.17, 15) is 9.59 Å². The highest BCUT2D eigenvalue weighted by Gasteiger charge is 2.41. The summed E-state index contributed by atoms with van der Waals surface area (Å²) in [5.41, 5.74) is 1.69. The van der Waals surface area contributed by atoms with Crippen LogP contribution < -0.4 is 20.1 Å². The van der Waals surface area contributed by atoms with E-state index in [1.165, 1.54) is 5.56 Å². The molecule has 2 amide bonds. The number of fused-ring (bicyclic) bond motifs is 3. The molecule has 34 heavy (non-hydrogen) atoms. The maximum absolute atomic E-state index is 12.6. The minimum atomic E-state index is -0.635. The average molecular weight is 498 g/mol. The molecule has 9 nitrogen and oxygen atoms in total. The van der Waals surface area contributed by atoms with Crippen molar-refractivity contribution in [2.24, 2.45) is 0 Å². The minimum absolute atomic E-state index is 0.0410. The standard InChI is InChI=1S/C24H36ClN3O6/c1-14(12-25)33-22(29)27-18-13-28-8-7-15-9-20(31-5)21(32-6)10-16(15)19(28)11-17(18)26-23(30)34-24(2,3)4/h9-10,14,17-19H,7-8,11-13H2,1-6H3,(H,26,30)(H,27,29). The van der Waals surface area contributed by atoms with Crippen molar-refractivity contribution in [1.82, 2.24) is 15.5 Å². The lowest BCUT2D eigenvalue weighted by Crippen LogP contribution is -2.62. The van der Waals surface area contributed by atoms with Gasteiger partial charge >= 0.3 is 12.2 Å². The fraction of sp³-hybridized carbons (Fsp3) is 0.667. The summed E-state index contributed by atoms with van der Waals surface area (Å²) in [5, 5.41) is 5.90. The van der Waals surface area contributed by atoms with E-state index in [1.807, 2.05) is 32.9 Å². The number of alkyl carbamates (subject to hydrolysis) is 2. The lowest BCUT2D eigenvalue weighted by Gasteiger charge is -2.47. The molecule has 4 atom stereocenters. The Morgan fingerprint density at radius 1 is 1.12 bits per heavy atom. The topological polar surface area (TPSA) is 98.4 Å². The van der Waals surface area contributed by atoms with E-state index in [4.69, 9.17) is 30.5 Å². The number of nitrogens with one attached hydrogen (secondary N) is 2. The third-order valence-corrected chi connectivity index (χ3v) is 6.47. The Morgan fingerprint density at radius 3 is 2.38 bits per heavy atom. The van der Waals surface area contributed by atoms with Crippen LogP contribution in [0.15, 0.2) is 12.1 Å². The Kier molecular flexibility index (Phi) is 8.41. The third kappa shape index (κ3) is 6.39. The van der Waals surface area contributed by atoms with Crippen LogP contribution in [0.1, 0.15) is 51.3 Å². The Balaban J connectivity index is 1.85. The number of benzene rings is 1. The van der Waals surface area contributed by atoms with Crippen LogP contribution in [0.5, 0.6) is 11.5 Å². The van der Waals surface area contributed by atoms with Crippen LogP contribution in [0.3, 0.4) is 0 Å². The van der Waals surface area contributed by atoms with Gasteiger partial charge < -0.3 is 29.6 Å². The average Bonchev–Trinajstić information content (AvgIpc) is 2.76. The van der Waals surface area contributed by atoms with Crippen molar-refractivity contribution in [2.75, 3.05) is 33.2 Å². The number of piperidine rings is 1. The van der Waals surface area contributed by atoms with Gasteiger partial charge in [0.25, 0.3) is 0 Å². The summed E-state index contributed by atoms with van der Waals surface area (Å²) in [4.78, 5) is 27.4. The van der Waals surface area contributed by atoms with Crippen LogP contribution in [-0.2, 0) is 15.9 Å². The fourth-order valence-corrected chi connectivity index (χ4v) is 4.59. The molecule has 1 saturated heterocycles. The van der Waals surface area contributed by atoms with Crippen molar-refractivity contribution in [2.45, 2.75) is 70.4 Å². The third-order valence-electron chi connectivity index (χ3n) is 6.04. The van der Waals surface area contributed by atoms with Gasteiger partial charge in [0.2, 0.25) is 0 Å². The molecule has 4 unspecified atom stereocenters. The molecule has 0 saturated carbocycles.